The third-order valence-electron chi connectivity index (χ3n) is 4.36. The third kappa shape index (κ3) is 4.89. The molecule has 25 heavy (non-hydrogen) atoms. The van der Waals surface area contributed by atoms with Gasteiger partial charge in [-0.1, -0.05) is 36.8 Å². The maximum Gasteiger partial charge on any atom is 0.122 e. The molecule has 1 heterocycles. The molecule has 0 aromatic heterocycles. The highest BCUT2D eigenvalue weighted by atomic mass is 32.2. The van der Waals surface area contributed by atoms with E-state index in [2.05, 4.69) is 73.8 Å². The molecule has 0 unspecified atom stereocenters. The molecule has 1 aliphatic rings. The molecule has 134 valence electrons. The predicted molar refractivity (Wildman–Crippen MR) is 110 cm³/mol. The number of rotatable bonds is 7. The molecule has 0 atom stereocenters. The average molecular weight is 375 g/mol. The highest BCUT2D eigenvalue weighted by Gasteiger charge is 2.33. The Bertz CT molecular complexity index is 647. The standard InChI is InChI=1S/C21H26O2S2/c1-3-21(24-15-4-16-25-21)18-7-11-20(12-8-18)23-14-13-22-19-9-5-17(2)6-10-19/h5-12H,3-4,13-16H2,1-2H3. The van der Waals surface area contributed by atoms with Crippen molar-refractivity contribution in [2.45, 2.75) is 30.8 Å². The Morgan fingerprint density at radius 2 is 1.36 bits per heavy atom. The molecule has 1 fully saturated rings. The minimum Gasteiger partial charge on any atom is -0.490 e. The second-order valence-electron chi connectivity index (χ2n) is 6.19. The van der Waals surface area contributed by atoms with E-state index in [-0.39, 0.29) is 4.08 Å². The van der Waals surface area contributed by atoms with Gasteiger partial charge in [0.25, 0.3) is 0 Å². The van der Waals surface area contributed by atoms with Gasteiger partial charge in [0.1, 0.15) is 24.7 Å². The van der Waals surface area contributed by atoms with Crippen molar-refractivity contribution in [1.29, 1.82) is 0 Å². The van der Waals surface area contributed by atoms with Gasteiger partial charge in [-0.15, -0.1) is 23.5 Å². The number of benzene rings is 2. The van der Waals surface area contributed by atoms with Crippen LogP contribution in [0.5, 0.6) is 11.5 Å². The maximum atomic E-state index is 5.82. The number of ether oxygens (including phenoxy) is 2. The summed E-state index contributed by atoms with van der Waals surface area (Å²) in [6.07, 6.45) is 2.48. The normalized spacial score (nSPS) is 16.4. The summed E-state index contributed by atoms with van der Waals surface area (Å²) < 4.78 is 11.8. The van der Waals surface area contributed by atoms with Gasteiger partial charge in [0.05, 0.1) is 4.08 Å². The van der Waals surface area contributed by atoms with Crippen LogP contribution in [0.3, 0.4) is 0 Å². The van der Waals surface area contributed by atoms with Crippen LogP contribution in [0.25, 0.3) is 0 Å². The van der Waals surface area contributed by atoms with Crippen LogP contribution in [-0.2, 0) is 4.08 Å². The van der Waals surface area contributed by atoms with Gasteiger partial charge in [-0.25, -0.2) is 0 Å². The fraction of sp³-hybridized carbons (Fsp3) is 0.429. The highest BCUT2D eigenvalue weighted by Crippen LogP contribution is 2.52. The van der Waals surface area contributed by atoms with Gasteiger partial charge in [-0.3, -0.25) is 0 Å². The molecule has 0 N–H and O–H groups in total. The molecular formula is C21H26O2S2. The van der Waals surface area contributed by atoms with E-state index >= 15 is 0 Å². The Balaban J connectivity index is 1.49. The molecule has 2 aromatic carbocycles. The summed E-state index contributed by atoms with van der Waals surface area (Å²) in [6, 6.07) is 16.7. The number of thioether (sulfide) groups is 2. The zero-order valence-electron chi connectivity index (χ0n) is 15.0. The second kappa shape index (κ2) is 8.91. The molecule has 0 bridgehead atoms. The Kier molecular flexibility index (Phi) is 6.60. The summed E-state index contributed by atoms with van der Waals surface area (Å²) in [4.78, 5) is 0. The lowest BCUT2D eigenvalue weighted by Crippen LogP contribution is -2.21. The van der Waals surface area contributed by atoms with E-state index in [9.17, 15) is 0 Å². The van der Waals surface area contributed by atoms with Gasteiger partial charge in [0.2, 0.25) is 0 Å². The minimum absolute atomic E-state index is 0.228. The quantitative estimate of drug-likeness (QED) is 0.563. The first-order chi connectivity index (χ1) is 12.2. The van der Waals surface area contributed by atoms with E-state index < -0.39 is 0 Å². The maximum absolute atomic E-state index is 5.82. The van der Waals surface area contributed by atoms with E-state index in [1.165, 1.54) is 29.1 Å². The molecular weight excluding hydrogens is 348 g/mol. The summed E-state index contributed by atoms with van der Waals surface area (Å²) >= 11 is 4.18. The van der Waals surface area contributed by atoms with Gasteiger partial charge >= 0.3 is 0 Å². The second-order valence-corrected chi connectivity index (χ2v) is 9.24. The third-order valence-corrected chi connectivity index (χ3v) is 8.03. The van der Waals surface area contributed by atoms with Crippen LogP contribution >= 0.6 is 23.5 Å². The van der Waals surface area contributed by atoms with E-state index in [0.29, 0.717) is 13.2 Å². The van der Waals surface area contributed by atoms with Crippen molar-refractivity contribution in [3.8, 4) is 11.5 Å². The Morgan fingerprint density at radius 1 is 0.840 bits per heavy atom. The van der Waals surface area contributed by atoms with Crippen LogP contribution in [0.2, 0.25) is 0 Å². The molecule has 0 saturated carbocycles. The Morgan fingerprint density at radius 3 is 1.88 bits per heavy atom. The smallest absolute Gasteiger partial charge is 0.122 e. The van der Waals surface area contributed by atoms with Gasteiger partial charge in [-0.05, 0) is 61.1 Å². The van der Waals surface area contributed by atoms with E-state index in [1.54, 1.807) is 0 Å². The van der Waals surface area contributed by atoms with Crippen LogP contribution in [0.4, 0.5) is 0 Å². The monoisotopic (exact) mass is 374 g/mol. The van der Waals surface area contributed by atoms with Gasteiger partial charge in [0, 0.05) is 0 Å². The van der Waals surface area contributed by atoms with Crippen molar-refractivity contribution in [3.63, 3.8) is 0 Å². The fourth-order valence-corrected chi connectivity index (χ4v) is 6.17. The molecule has 2 aromatic rings. The summed E-state index contributed by atoms with van der Waals surface area (Å²) in [6.45, 7) is 5.47. The topological polar surface area (TPSA) is 18.5 Å². The minimum atomic E-state index is 0.228. The van der Waals surface area contributed by atoms with Crippen molar-refractivity contribution in [2.24, 2.45) is 0 Å². The Labute approximate surface area is 159 Å². The van der Waals surface area contributed by atoms with Crippen LogP contribution < -0.4 is 9.47 Å². The first kappa shape index (κ1) is 18.5. The fourth-order valence-electron chi connectivity index (χ4n) is 2.91. The summed E-state index contributed by atoms with van der Waals surface area (Å²) in [5.74, 6) is 4.32. The number of hydrogen-bond acceptors (Lipinski definition) is 4. The lowest BCUT2D eigenvalue weighted by molar-refractivity contribution is 0.217. The predicted octanol–water partition coefficient (Wildman–Crippen LogP) is 5.89. The van der Waals surface area contributed by atoms with E-state index in [4.69, 9.17) is 9.47 Å². The van der Waals surface area contributed by atoms with E-state index in [1.807, 2.05) is 12.1 Å². The molecule has 2 nitrogen and oxygen atoms in total. The van der Waals surface area contributed by atoms with Gasteiger partial charge in [0.15, 0.2) is 0 Å². The average Bonchev–Trinajstić information content (AvgIpc) is 2.67. The molecule has 0 spiro atoms. The molecule has 0 amide bonds. The van der Waals surface area contributed by atoms with E-state index in [0.717, 1.165) is 17.9 Å². The van der Waals surface area contributed by atoms with Crippen molar-refractivity contribution < 1.29 is 9.47 Å². The van der Waals surface area contributed by atoms with Crippen molar-refractivity contribution in [1.82, 2.24) is 0 Å². The molecule has 1 aliphatic heterocycles. The van der Waals surface area contributed by atoms with Crippen LogP contribution in [0, 0.1) is 6.92 Å². The lowest BCUT2D eigenvalue weighted by atomic mass is 10.1. The highest BCUT2D eigenvalue weighted by molar-refractivity contribution is 8.18. The first-order valence-corrected chi connectivity index (χ1v) is 10.9. The van der Waals surface area contributed by atoms with Crippen LogP contribution in [-0.4, -0.2) is 24.7 Å². The van der Waals surface area contributed by atoms with Gasteiger partial charge in [-0.2, -0.15) is 0 Å². The van der Waals surface area contributed by atoms with Crippen LogP contribution in [0.1, 0.15) is 30.9 Å². The largest absolute Gasteiger partial charge is 0.490 e. The molecule has 1 saturated heterocycles. The molecule has 0 aliphatic carbocycles. The van der Waals surface area contributed by atoms with Crippen LogP contribution in [0.15, 0.2) is 48.5 Å². The SMILES string of the molecule is CCC1(c2ccc(OCCOc3ccc(C)cc3)cc2)SCCCS1. The zero-order chi connectivity index (χ0) is 17.5. The summed E-state index contributed by atoms with van der Waals surface area (Å²) in [5, 5.41) is 0. The summed E-state index contributed by atoms with van der Waals surface area (Å²) in [7, 11) is 0. The molecule has 3 rings (SSSR count). The number of aryl methyl sites for hydroxylation is 1. The number of hydrogen-bond donors (Lipinski definition) is 0. The van der Waals surface area contributed by atoms with Gasteiger partial charge < -0.3 is 9.47 Å². The molecule has 4 heteroatoms. The van der Waals surface area contributed by atoms with Crippen molar-refractivity contribution >= 4 is 23.5 Å². The molecule has 0 radical (unpaired) electrons. The first-order valence-electron chi connectivity index (χ1n) is 8.92. The van der Waals surface area contributed by atoms with Crippen molar-refractivity contribution in [3.05, 3.63) is 59.7 Å². The zero-order valence-corrected chi connectivity index (χ0v) is 16.6. The Hall–Kier alpha value is -1.26. The lowest BCUT2D eigenvalue weighted by Gasteiger charge is -2.35. The summed E-state index contributed by atoms with van der Waals surface area (Å²) in [5.41, 5.74) is 2.65. The van der Waals surface area contributed by atoms with Crippen molar-refractivity contribution in [2.75, 3.05) is 24.7 Å².